The quantitative estimate of drug-likeness (QED) is 0.0549. The Balaban J connectivity index is 0.000000926. The van der Waals surface area contributed by atoms with Crippen molar-refractivity contribution in [3.05, 3.63) is 65.2 Å². The van der Waals surface area contributed by atoms with Crippen LogP contribution in [0, 0.1) is 29.6 Å². The van der Waals surface area contributed by atoms with E-state index < -0.39 is 14.2 Å². The molecular formula is C38H57IN2O5Si. The van der Waals surface area contributed by atoms with Gasteiger partial charge in [-0.05, 0) is 59.6 Å². The van der Waals surface area contributed by atoms with Crippen LogP contribution in [0.1, 0.15) is 110 Å². The molecule has 0 spiro atoms. The molecule has 260 valence electrons. The van der Waals surface area contributed by atoms with Gasteiger partial charge in [-0.2, -0.15) is 10.5 Å². The summed E-state index contributed by atoms with van der Waals surface area (Å²) >= 11 is 1.99. The highest BCUT2D eigenvalue weighted by atomic mass is 127. The van der Waals surface area contributed by atoms with Gasteiger partial charge < -0.3 is 13.9 Å². The van der Waals surface area contributed by atoms with Crippen molar-refractivity contribution in [1.82, 2.24) is 0 Å². The van der Waals surface area contributed by atoms with Crippen LogP contribution in [0.15, 0.2) is 48.5 Å². The number of nitrogens with zero attached hydrogens (tertiary/aromatic N) is 2. The summed E-state index contributed by atoms with van der Waals surface area (Å²) in [6.45, 7) is 20.7. The fourth-order valence-electron chi connectivity index (χ4n) is 5.43. The lowest BCUT2D eigenvalue weighted by Gasteiger charge is -2.42. The molecule has 0 fully saturated rings. The molecule has 0 saturated heterocycles. The summed E-state index contributed by atoms with van der Waals surface area (Å²) in [4.78, 5) is 23.7. The second-order valence-electron chi connectivity index (χ2n) is 12.5. The van der Waals surface area contributed by atoms with Crippen LogP contribution in [-0.4, -0.2) is 37.9 Å². The maximum absolute atomic E-state index is 12.4. The number of carbonyl (C=O) groups is 2. The molecule has 1 atom stereocenters. The fraction of sp³-hybridized carbons (Fsp3) is 0.579. The third-order valence-electron chi connectivity index (χ3n) is 7.90. The van der Waals surface area contributed by atoms with Crippen LogP contribution in [0.25, 0.3) is 0 Å². The number of ether oxygens (including phenoxy) is 2. The van der Waals surface area contributed by atoms with Crippen LogP contribution in [0.3, 0.4) is 0 Å². The van der Waals surface area contributed by atoms with Crippen LogP contribution in [0.5, 0.6) is 5.75 Å². The molecule has 7 nitrogen and oxygen atoms in total. The maximum Gasteiger partial charge on any atom is 0.314 e. The molecule has 0 amide bonds. The van der Waals surface area contributed by atoms with Crippen molar-refractivity contribution < 1.29 is 23.5 Å². The van der Waals surface area contributed by atoms with Gasteiger partial charge in [0, 0.05) is 0 Å². The Kier molecular flexibility index (Phi) is 23.6. The third-order valence-corrected chi connectivity index (χ3v) is 14.2. The van der Waals surface area contributed by atoms with Crippen molar-refractivity contribution in [2.24, 2.45) is 0 Å². The van der Waals surface area contributed by atoms with Crippen LogP contribution in [0.2, 0.25) is 16.6 Å². The molecule has 2 rings (SSSR count). The van der Waals surface area contributed by atoms with E-state index in [0.717, 1.165) is 42.6 Å². The predicted molar refractivity (Wildman–Crippen MR) is 202 cm³/mol. The molecule has 9 heteroatoms. The van der Waals surface area contributed by atoms with Crippen molar-refractivity contribution in [3.63, 3.8) is 0 Å². The summed E-state index contributed by atoms with van der Waals surface area (Å²) in [5.74, 6) is -0.147. The van der Waals surface area contributed by atoms with E-state index in [1.165, 1.54) is 5.56 Å². The molecule has 0 bridgehead atoms. The van der Waals surface area contributed by atoms with E-state index in [-0.39, 0.29) is 18.4 Å². The highest BCUT2D eigenvalue weighted by Crippen LogP contribution is 2.42. The van der Waals surface area contributed by atoms with E-state index in [9.17, 15) is 9.59 Å². The van der Waals surface area contributed by atoms with Gasteiger partial charge in [0.2, 0.25) is 0 Å². The molecule has 1 unspecified atom stereocenters. The molecule has 0 heterocycles. The first kappa shape index (κ1) is 44.1. The molecule has 0 aromatic heterocycles. The first-order chi connectivity index (χ1) is 22.3. The average Bonchev–Trinajstić information content (AvgIpc) is 3.04. The Morgan fingerprint density at radius 3 is 1.70 bits per heavy atom. The second-order valence-corrected chi connectivity index (χ2v) is 18.6. The molecule has 0 N–H and O–H groups in total. The zero-order chi connectivity index (χ0) is 35.8. The largest absolute Gasteiger partial charge is 0.543 e. The van der Waals surface area contributed by atoms with Crippen molar-refractivity contribution in [2.45, 2.75) is 123 Å². The number of nitriles is 2. The Morgan fingerprint density at radius 2 is 1.28 bits per heavy atom. The number of alkyl halides is 1. The molecule has 47 heavy (non-hydrogen) atoms. The zero-order valence-corrected chi connectivity index (χ0v) is 33.3. The van der Waals surface area contributed by atoms with Crippen LogP contribution < -0.4 is 4.43 Å². The van der Waals surface area contributed by atoms with Crippen molar-refractivity contribution in [2.75, 3.05) is 17.6 Å². The average molecular weight is 777 g/mol. The van der Waals surface area contributed by atoms with E-state index in [4.69, 9.17) is 24.4 Å². The van der Waals surface area contributed by atoms with Gasteiger partial charge in [0.25, 0.3) is 8.32 Å². The van der Waals surface area contributed by atoms with Crippen molar-refractivity contribution in [3.8, 4) is 17.9 Å². The Hall–Kier alpha value is -2.89. The summed E-state index contributed by atoms with van der Waals surface area (Å²) in [6.07, 6.45) is 4.30. The third kappa shape index (κ3) is 16.7. The number of hydrogen-bond donors (Lipinski definition) is 0. The lowest BCUT2D eigenvalue weighted by molar-refractivity contribution is -0.145. The molecule has 0 aliphatic heterocycles. The summed E-state index contributed by atoms with van der Waals surface area (Å²) in [5, 5.41) is 16.7. The molecule has 0 aliphatic carbocycles. The first-order valence-corrected chi connectivity index (χ1v) is 20.5. The molecule has 2 aromatic carbocycles. The van der Waals surface area contributed by atoms with Gasteiger partial charge >= 0.3 is 11.9 Å². The number of aryl methyl sites for hydroxylation is 1. The molecule has 2 aromatic rings. The van der Waals surface area contributed by atoms with Gasteiger partial charge in [-0.3, -0.25) is 9.59 Å². The van der Waals surface area contributed by atoms with Gasteiger partial charge in [0.1, 0.15) is 5.75 Å². The highest BCUT2D eigenvalue weighted by Gasteiger charge is 2.47. The van der Waals surface area contributed by atoms with E-state index in [0.29, 0.717) is 40.7 Å². The van der Waals surface area contributed by atoms with Crippen LogP contribution in [-0.2, 0) is 25.5 Å². The van der Waals surface area contributed by atoms with Gasteiger partial charge in [0.15, 0.2) is 0 Å². The van der Waals surface area contributed by atoms with E-state index in [1.807, 2.05) is 91.0 Å². The molecule has 0 saturated carbocycles. The number of benzene rings is 2. The van der Waals surface area contributed by atoms with E-state index in [1.54, 1.807) is 0 Å². The first-order valence-electron chi connectivity index (χ1n) is 16.8. The Bertz CT molecular complexity index is 1210. The van der Waals surface area contributed by atoms with Crippen LogP contribution in [0.4, 0.5) is 0 Å². The van der Waals surface area contributed by atoms with E-state index in [2.05, 4.69) is 54.5 Å². The minimum atomic E-state index is -2.02. The minimum Gasteiger partial charge on any atom is -0.543 e. The summed E-state index contributed by atoms with van der Waals surface area (Å²) < 4.78 is 17.7. The standard InChI is InChI=1S/C23H37NO3Si.C13H18O2.C2H2IN/c1-8-9-16-26-23(25)22(14-15-24)20-10-12-21(13-11-20)27-28(17(2)3,18(4)5)19(6)7;1-3-4-9-15-13(14)10-12-7-5-11(2)6-8-12;3-1-2-4/h10-13,17-19,22H,8-9,14,16H2,1-7H3;5-8H,3-4,9-10H2,1-2H3;1H2. The normalized spacial score (nSPS) is 11.3. The number of esters is 2. The highest BCUT2D eigenvalue weighted by molar-refractivity contribution is 14.1. The van der Waals surface area contributed by atoms with Crippen molar-refractivity contribution in [1.29, 1.82) is 10.5 Å². The number of hydrogen-bond acceptors (Lipinski definition) is 7. The number of rotatable bonds is 16. The summed E-state index contributed by atoms with van der Waals surface area (Å²) in [5.41, 5.74) is 4.51. The maximum atomic E-state index is 12.4. The lowest BCUT2D eigenvalue weighted by atomic mass is 9.96. The van der Waals surface area contributed by atoms with E-state index >= 15 is 0 Å². The number of unbranched alkanes of at least 4 members (excludes halogenated alkanes) is 2. The van der Waals surface area contributed by atoms with Gasteiger partial charge in [-0.1, -0.05) is 133 Å². The Morgan fingerprint density at radius 1 is 0.787 bits per heavy atom. The van der Waals surface area contributed by atoms with Gasteiger partial charge in [-0.25, -0.2) is 0 Å². The van der Waals surface area contributed by atoms with Crippen LogP contribution >= 0.6 is 22.6 Å². The smallest absolute Gasteiger partial charge is 0.314 e. The van der Waals surface area contributed by atoms with Crippen molar-refractivity contribution >= 4 is 42.8 Å². The fourth-order valence-corrected chi connectivity index (χ4v) is 10.7. The molecule has 0 aliphatic rings. The SMILES string of the molecule is CCCCOC(=O)C(CC#N)c1ccc(O[Si](C(C)C)(C(C)C)C(C)C)cc1.CCCCOC(=O)Cc1ccc(C)cc1.N#CCI. The van der Waals surface area contributed by atoms with Gasteiger partial charge in [0.05, 0.1) is 48.5 Å². The second kappa shape index (κ2) is 25.2. The zero-order valence-electron chi connectivity index (χ0n) is 30.1. The summed E-state index contributed by atoms with van der Waals surface area (Å²) in [7, 11) is -2.02. The topological polar surface area (TPSA) is 109 Å². The minimum absolute atomic E-state index is 0.119. The summed E-state index contributed by atoms with van der Waals surface area (Å²) in [6, 6.07) is 19.7. The monoisotopic (exact) mass is 776 g/mol. The predicted octanol–water partition coefficient (Wildman–Crippen LogP) is 10.4. The van der Waals surface area contributed by atoms with Gasteiger partial charge in [-0.15, -0.1) is 0 Å². The number of halogens is 1. The lowest BCUT2D eigenvalue weighted by Crippen LogP contribution is -2.50. The number of carbonyl (C=O) groups excluding carboxylic acids is 2. The molecular weight excluding hydrogens is 719 g/mol. The Labute approximate surface area is 299 Å². The molecule has 0 radical (unpaired) electrons.